The van der Waals surface area contributed by atoms with Crippen LogP contribution in [0.4, 0.5) is 0 Å². The zero-order chi connectivity index (χ0) is 43.5. The van der Waals surface area contributed by atoms with E-state index in [2.05, 4.69) is 102 Å². The summed E-state index contributed by atoms with van der Waals surface area (Å²) in [4.78, 5) is 12.6. The van der Waals surface area contributed by atoms with Crippen LogP contribution in [0.2, 0.25) is 24.2 Å². The summed E-state index contributed by atoms with van der Waals surface area (Å²) < 4.78 is 3.72. The maximum Gasteiger partial charge on any atom is 0.122 e. The molecule has 1 aromatic carbocycles. The first-order valence-electron chi connectivity index (χ1n) is 25.8. The van der Waals surface area contributed by atoms with Gasteiger partial charge >= 0.3 is 0 Å². The highest BCUT2D eigenvalue weighted by molar-refractivity contribution is 8.15. The zero-order valence-electron chi connectivity index (χ0n) is 39.4. The largest absolute Gasteiger partial charge is 0.199 e. The Labute approximate surface area is 410 Å². The molecule has 9 heteroatoms. The molecule has 8 rings (SSSR count). The van der Waals surface area contributed by atoms with Gasteiger partial charge in [-0.3, -0.25) is 0 Å². The second kappa shape index (κ2) is 23.9. The third-order valence-corrected chi connectivity index (χ3v) is 32.9. The first kappa shape index (κ1) is 48.6. The Balaban J connectivity index is 1.09. The minimum absolute atomic E-state index is 1.33. The molecular weight excluding hydrogens is 911 g/mol. The molecule has 0 saturated carbocycles. The van der Waals surface area contributed by atoms with Gasteiger partial charge in [0.05, 0.1) is 0 Å². The molecule has 5 aromatic rings. The predicted molar refractivity (Wildman–Crippen MR) is 297 cm³/mol. The van der Waals surface area contributed by atoms with Crippen LogP contribution in [0.15, 0.2) is 56.9 Å². The fourth-order valence-corrected chi connectivity index (χ4v) is 32.2. The third-order valence-electron chi connectivity index (χ3n) is 15.0. The van der Waals surface area contributed by atoms with Crippen LogP contribution in [0.3, 0.4) is 0 Å². The molecule has 3 aliphatic rings. The second-order valence-corrected chi connectivity index (χ2v) is 33.7. The Morgan fingerprint density at radius 2 is 0.714 bits per heavy atom. The minimum atomic E-state index is -1.84. The van der Waals surface area contributed by atoms with E-state index in [1.54, 1.807) is 19.5 Å². The molecular formula is C54H77NS6Si2. The van der Waals surface area contributed by atoms with Crippen LogP contribution >= 0.6 is 69.2 Å². The van der Waals surface area contributed by atoms with Gasteiger partial charge in [0.15, 0.2) is 0 Å². The Morgan fingerprint density at radius 3 is 1.06 bits per heavy atom. The summed E-state index contributed by atoms with van der Waals surface area (Å²) in [6.45, 7) is 9.38. The van der Waals surface area contributed by atoms with E-state index in [0.29, 0.717) is 0 Å². The van der Waals surface area contributed by atoms with Gasteiger partial charge in [0, 0.05) is 50.2 Å². The van der Waals surface area contributed by atoms with Gasteiger partial charge in [-0.1, -0.05) is 206 Å². The van der Waals surface area contributed by atoms with Crippen LogP contribution in [0.25, 0.3) is 40.4 Å². The highest BCUT2D eigenvalue weighted by Gasteiger charge is 2.48. The second-order valence-electron chi connectivity index (χ2n) is 19.4. The zero-order valence-corrected chi connectivity index (χ0v) is 46.3. The topological polar surface area (TPSA) is 12.0 Å². The normalized spacial score (nSPS) is 15.2. The van der Waals surface area contributed by atoms with Gasteiger partial charge in [0.1, 0.15) is 16.1 Å². The van der Waals surface area contributed by atoms with Gasteiger partial charge in [-0.25, -0.2) is 0 Å². The highest BCUT2D eigenvalue weighted by atomic mass is 32.2. The van der Waals surface area contributed by atoms with Crippen molar-refractivity contribution in [3.8, 4) is 40.4 Å². The summed E-state index contributed by atoms with van der Waals surface area (Å²) in [6, 6.07) is 21.6. The van der Waals surface area contributed by atoms with Crippen LogP contribution in [0, 0.1) is 0 Å². The molecule has 0 spiro atoms. The van der Waals surface area contributed by atoms with Crippen molar-refractivity contribution in [1.82, 2.24) is 4.13 Å². The van der Waals surface area contributed by atoms with E-state index in [9.17, 15) is 0 Å². The maximum atomic E-state index is 3.72. The SMILES string of the molecule is CCCCCCCC[Si]1(CCCCCCCC)c2ccsc2-c2sc(-c3ccc(-c4cc5c(s4)-c4sccc4[Si]5(CCCCCCCC)CCCCCCCC)c4c3SNS4)cc21. The molecule has 0 aliphatic carbocycles. The number of thiophene rings is 4. The van der Waals surface area contributed by atoms with Gasteiger partial charge in [-0.15, -0.1) is 45.3 Å². The van der Waals surface area contributed by atoms with E-state index in [4.69, 9.17) is 0 Å². The van der Waals surface area contributed by atoms with Crippen molar-refractivity contribution in [1.29, 1.82) is 0 Å². The molecule has 0 bridgehead atoms. The number of hydrogen-bond donors (Lipinski definition) is 1. The molecule has 0 saturated heterocycles. The lowest BCUT2D eigenvalue weighted by Crippen LogP contribution is -2.54. The highest BCUT2D eigenvalue weighted by Crippen LogP contribution is 2.53. The van der Waals surface area contributed by atoms with Crippen LogP contribution in [-0.2, 0) is 0 Å². The number of nitrogens with one attached hydrogen (secondary N) is 1. The summed E-state index contributed by atoms with van der Waals surface area (Å²) in [5.41, 5.74) is 2.94. The van der Waals surface area contributed by atoms with Crippen molar-refractivity contribution in [2.75, 3.05) is 0 Å². The molecule has 1 nitrogen and oxygen atoms in total. The monoisotopic (exact) mass is 987 g/mol. The molecule has 0 atom stereocenters. The molecule has 0 radical (unpaired) electrons. The van der Waals surface area contributed by atoms with Gasteiger partial charge in [-0.2, -0.15) is 4.13 Å². The average Bonchev–Trinajstić information content (AvgIpc) is 4.16. The Hall–Kier alpha value is -0.886. The third kappa shape index (κ3) is 10.6. The van der Waals surface area contributed by atoms with Crippen molar-refractivity contribution in [3.63, 3.8) is 0 Å². The minimum Gasteiger partial charge on any atom is -0.199 e. The van der Waals surface area contributed by atoms with Crippen LogP contribution in [-0.4, -0.2) is 16.1 Å². The lowest BCUT2D eigenvalue weighted by molar-refractivity contribution is 0.616. The van der Waals surface area contributed by atoms with Crippen molar-refractivity contribution in [2.45, 2.75) is 216 Å². The summed E-state index contributed by atoms with van der Waals surface area (Å²) in [7, 11) is -3.67. The van der Waals surface area contributed by atoms with Gasteiger partial charge in [0.25, 0.3) is 0 Å². The molecule has 0 unspecified atom stereocenters. The molecule has 3 aliphatic heterocycles. The summed E-state index contributed by atoms with van der Waals surface area (Å²) in [6.07, 6.45) is 33.5. The van der Waals surface area contributed by atoms with Gasteiger partial charge < -0.3 is 0 Å². The van der Waals surface area contributed by atoms with E-state index in [1.165, 1.54) is 209 Å². The summed E-state index contributed by atoms with van der Waals surface area (Å²) >= 11 is 12.1. The standard InChI is InChI=1S/C54H77NS6Si2/c1-5-9-13-17-21-25-35-62(36-26-22-18-14-10-6-2)45-31-33-56-51(45)53-47(62)39-43(58-53)41-29-30-42(50-49(41)60-55-61-50)44-40-48-54(59-44)52-46(32-34-57-52)63(48,37-27-23-19-15-11-7-3)38-28-24-20-16-12-8-4/h29-34,39-40,55H,5-28,35-38H2,1-4H3. The van der Waals surface area contributed by atoms with Crippen molar-refractivity contribution in [3.05, 3.63) is 47.2 Å². The van der Waals surface area contributed by atoms with Crippen molar-refractivity contribution in [2.24, 2.45) is 0 Å². The number of unbranched alkanes of at least 4 members (excludes halogenated alkanes) is 20. The smallest absolute Gasteiger partial charge is 0.122 e. The maximum absolute atomic E-state index is 3.72. The molecule has 4 aromatic heterocycles. The fourth-order valence-electron chi connectivity index (χ4n) is 11.5. The van der Waals surface area contributed by atoms with E-state index >= 15 is 0 Å². The number of fused-ring (bicyclic) bond motifs is 7. The number of benzene rings is 1. The van der Waals surface area contributed by atoms with E-state index in [1.807, 2.05) is 67.3 Å². The average molecular weight is 989 g/mol. The Bertz CT molecular complexity index is 2010. The summed E-state index contributed by atoms with van der Waals surface area (Å²) in [5, 5.41) is 12.1. The lowest BCUT2D eigenvalue weighted by atomic mass is 10.1. The van der Waals surface area contributed by atoms with E-state index in [0.717, 1.165) is 0 Å². The van der Waals surface area contributed by atoms with Crippen molar-refractivity contribution < 1.29 is 0 Å². The van der Waals surface area contributed by atoms with E-state index < -0.39 is 16.1 Å². The molecule has 0 fully saturated rings. The number of hydrogen-bond acceptors (Lipinski definition) is 7. The van der Waals surface area contributed by atoms with Crippen LogP contribution < -0.4 is 24.9 Å². The molecule has 1 N–H and O–H groups in total. The fraction of sp³-hybridized carbons (Fsp3) is 0.593. The van der Waals surface area contributed by atoms with E-state index in [-0.39, 0.29) is 0 Å². The lowest BCUT2D eigenvalue weighted by Gasteiger charge is -2.29. The Kier molecular flexibility index (Phi) is 18.4. The first-order chi connectivity index (χ1) is 31.1. The first-order valence-corrected chi connectivity index (χ1v) is 35.7. The predicted octanol–water partition coefficient (Wildman–Crippen LogP) is 18.4. The van der Waals surface area contributed by atoms with Gasteiger partial charge in [-0.05, 0) is 91.7 Å². The van der Waals surface area contributed by atoms with Crippen LogP contribution in [0.1, 0.15) is 182 Å². The molecule has 7 heterocycles. The Morgan fingerprint density at radius 1 is 0.381 bits per heavy atom. The quantitative estimate of drug-likeness (QED) is 0.0280. The summed E-state index contributed by atoms with van der Waals surface area (Å²) in [5.74, 6) is 0. The molecule has 0 amide bonds. The molecule has 342 valence electrons. The van der Waals surface area contributed by atoms with Crippen LogP contribution in [0.5, 0.6) is 0 Å². The number of rotatable bonds is 30. The van der Waals surface area contributed by atoms with Crippen molar-refractivity contribution >= 4 is 106 Å². The molecule has 63 heavy (non-hydrogen) atoms. The van der Waals surface area contributed by atoms with Gasteiger partial charge in [0.2, 0.25) is 0 Å².